The highest BCUT2D eigenvalue weighted by atomic mass is 79.9. The predicted octanol–water partition coefficient (Wildman–Crippen LogP) is 3.77. The van der Waals surface area contributed by atoms with E-state index in [1.165, 1.54) is 0 Å². The molecule has 0 radical (unpaired) electrons. The Labute approximate surface area is 132 Å². The Morgan fingerprint density at radius 3 is 2.76 bits per heavy atom. The monoisotopic (exact) mass is 357 g/mol. The van der Waals surface area contributed by atoms with Crippen molar-refractivity contribution < 1.29 is 14.4 Å². The molecule has 5 nitrogen and oxygen atoms in total. The molecule has 0 aromatic carbocycles. The number of hydrogen-bond donors (Lipinski definition) is 1. The highest BCUT2D eigenvalue weighted by Gasteiger charge is 2.21. The van der Waals surface area contributed by atoms with Crippen molar-refractivity contribution in [2.24, 2.45) is 5.16 Å². The summed E-state index contributed by atoms with van der Waals surface area (Å²) in [5, 5.41) is 14.2. The Kier molecular flexibility index (Phi) is 7.22. The summed E-state index contributed by atoms with van der Waals surface area (Å²) in [4.78, 5) is 17.2. The van der Waals surface area contributed by atoms with Crippen molar-refractivity contribution in [3.63, 3.8) is 0 Å². The van der Waals surface area contributed by atoms with Gasteiger partial charge in [0.15, 0.2) is 0 Å². The Bertz CT molecular complexity index is 578. The van der Waals surface area contributed by atoms with Crippen LogP contribution in [0.5, 0.6) is 5.75 Å². The highest BCUT2D eigenvalue weighted by Crippen LogP contribution is 2.31. The molecule has 1 rings (SSSR count). The van der Waals surface area contributed by atoms with Crippen LogP contribution in [-0.4, -0.2) is 17.4 Å². The average Bonchev–Trinajstić information content (AvgIpc) is 2.45. The summed E-state index contributed by atoms with van der Waals surface area (Å²) in [5.41, 5.74) is -0.185. The van der Waals surface area contributed by atoms with Crippen molar-refractivity contribution in [1.29, 1.82) is 0 Å². The Morgan fingerprint density at radius 2 is 2.19 bits per heavy atom. The minimum absolute atomic E-state index is 0.0487. The molecule has 0 atom stereocenters. The molecule has 0 fully saturated rings. The van der Waals surface area contributed by atoms with Gasteiger partial charge in [-0.2, -0.15) is 0 Å². The summed E-state index contributed by atoms with van der Waals surface area (Å²) in [5.74, 6) is 0.288. The summed E-state index contributed by atoms with van der Waals surface area (Å²) >= 11 is 3.27. The normalized spacial score (nSPS) is 11.5. The third kappa shape index (κ3) is 4.46. The van der Waals surface area contributed by atoms with E-state index < -0.39 is 5.63 Å². The van der Waals surface area contributed by atoms with Crippen LogP contribution in [0.25, 0.3) is 0 Å². The van der Waals surface area contributed by atoms with Crippen molar-refractivity contribution in [2.75, 3.05) is 6.61 Å². The second-order valence-electron chi connectivity index (χ2n) is 4.47. The maximum atomic E-state index is 12.1. The number of nitrogens with zero attached hydrogens (tertiary/aromatic N) is 1. The third-order valence-electron chi connectivity index (χ3n) is 2.73. The van der Waals surface area contributed by atoms with Crippen LogP contribution in [0.15, 0.2) is 31.5 Å². The number of rotatable bonds is 8. The Balaban J connectivity index is 3.31. The highest BCUT2D eigenvalue weighted by molar-refractivity contribution is 9.10. The standard InChI is InChI=1S/C15H20BrNO4/c1-4-7-10(17-20-9-6-3)12-14(18)13(16)11(8-5-2)21-15(12)19/h6,18H,3-5,7-9H2,1-2H3. The lowest BCUT2D eigenvalue weighted by atomic mass is 10.1. The molecule has 1 aromatic rings. The lowest BCUT2D eigenvalue weighted by molar-refractivity contribution is 0.174. The second-order valence-corrected chi connectivity index (χ2v) is 5.27. The molecule has 0 spiro atoms. The van der Waals surface area contributed by atoms with Gasteiger partial charge in [-0.1, -0.05) is 38.1 Å². The summed E-state index contributed by atoms with van der Waals surface area (Å²) < 4.78 is 5.67. The molecule has 116 valence electrons. The Morgan fingerprint density at radius 1 is 1.48 bits per heavy atom. The Hall–Kier alpha value is -1.56. The summed E-state index contributed by atoms with van der Waals surface area (Å²) in [7, 11) is 0. The van der Waals surface area contributed by atoms with Gasteiger partial charge in [-0.3, -0.25) is 0 Å². The zero-order chi connectivity index (χ0) is 15.8. The van der Waals surface area contributed by atoms with Gasteiger partial charge in [0.05, 0.1) is 10.2 Å². The number of hydrogen-bond acceptors (Lipinski definition) is 5. The van der Waals surface area contributed by atoms with E-state index in [2.05, 4.69) is 27.7 Å². The number of halogens is 1. The molecule has 0 aliphatic heterocycles. The van der Waals surface area contributed by atoms with Gasteiger partial charge in [0, 0.05) is 6.42 Å². The van der Waals surface area contributed by atoms with Crippen LogP contribution < -0.4 is 5.63 Å². The molecule has 0 aliphatic carbocycles. The molecule has 0 aliphatic rings. The smallest absolute Gasteiger partial charge is 0.349 e. The average molecular weight is 358 g/mol. The first kappa shape index (κ1) is 17.5. The van der Waals surface area contributed by atoms with Crippen molar-refractivity contribution in [3.05, 3.63) is 38.9 Å². The number of oxime groups is 1. The third-order valence-corrected chi connectivity index (χ3v) is 3.55. The first-order chi connectivity index (χ1) is 10.1. The van der Waals surface area contributed by atoms with E-state index >= 15 is 0 Å². The van der Waals surface area contributed by atoms with Gasteiger partial charge in [0.1, 0.15) is 23.7 Å². The lowest BCUT2D eigenvalue weighted by Crippen LogP contribution is -2.17. The SMILES string of the molecule is C=CCON=C(CCC)c1c(O)c(Br)c(CCC)oc1=O. The first-order valence-corrected chi connectivity index (χ1v) is 7.70. The minimum atomic E-state index is -0.603. The van der Waals surface area contributed by atoms with Gasteiger partial charge in [-0.05, 0) is 28.8 Å². The molecule has 0 unspecified atom stereocenters. The molecule has 0 amide bonds. The fourth-order valence-electron chi connectivity index (χ4n) is 1.81. The minimum Gasteiger partial charge on any atom is -0.506 e. The van der Waals surface area contributed by atoms with E-state index in [9.17, 15) is 9.90 Å². The molecule has 0 saturated heterocycles. The molecule has 1 aromatic heterocycles. The molecule has 21 heavy (non-hydrogen) atoms. The van der Waals surface area contributed by atoms with Crippen LogP contribution in [0.1, 0.15) is 44.4 Å². The summed E-state index contributed by atoms with van der Waals surface area (Å²) in [6.07, 6.45) is 4.17. The topological polar surface area (TPSA) is 72.0 Å². The summed E-state index contributed by atoms with van der Waals surface area (Å²) in [6, 6.07) is 0. The molecule has 1 N–H and O–H groups in total. The molecule has 0 saturated carbocycles. The fourth-order valence-corrected chi connectivity index (χ4v) is 2.29. The van der Waals surface area contributed by atoms with Crippen LogP contribution >= 0.6 is 15.9 Å². The molecule has 6 heteroatoms. The quantitative estimate of drug-likeness (QED) is 0.332. The lowest BCUT2D eigenvalue weighted by Gasteiger charge is -2.10. The molecule has 1 heterocycles. The van der Waals surface area contributed by atoms with E-state index in [4.69, 9.17) is 9.25 Å². The van der Waals surface area contributed by atoms with Crippen molar-refractivity contribution >= 4 is 21.6 Å². The van der Waals surface area contributed by atoms with Gasteiger partial charge in [-0.15, -0.1) is 0 Å². The van der Waals surface area contributed by atoms with Crippen LogP contribution in [0.4, 0.5) is 0 Å². The van der Waals surface area contributed by atoms with E-state index in [0.29, 0.717) is 28.8 Å². The van der Waals surface area contributed by atoms with E-state index in [0.717, 1.165) is 12.8 Å². The van der Waals surface area contributed by atoms with E-state index in [1.54, 1.807) is 6.08 Å². The van der Waals surface area contributed by atoms with Gasteiger partial charge < -0.3 is 14.4 Å². The van der Waals surface area contributed by atoms with E-state index in [1.807, 2.05) is 13.8 Å². The van der Waals surface area contributed by atoms with Crippen molar-refractivity contribution in [2.45, 2.75) is 39.5 Å². The van der Waals surface area contributed by atoms with Gasteiger partial charge in [-0.25, -0.2) is 4.79 Å². The van der Waals surface area contributed by atoms with Crippen LogP contribution in [-0.2, 0) is 11.3 Å². The van der Waals surface area contributed by atoms with Crippen LogP contribution in [0.2, 0.25) is 0 Å². The van der Waals surface area contributed by atoms with Crippen molar-refractivity contribution in [1.82, 2.24) is 0 Å². The van der Waals surface area contributed by atoms with Crippen LogP contribution in [0, 0.1) is 0 Å². The predicted molar refractivity (Wildman–Crippen MR) is 85.9 cm³/mol. The largest absolute Gasteiger partial charge is 0.506 e. The zero-order valence-electron chi connectivity index (χ0n) is 12.3. The first-order valence-electron chi connectivity index (χ1n) is 6.91. The molecular weight excluding hydrogens is 338 g/mol. The summed E-state index contributed by atoms with van der Waals surface area (Å²) in [6.45, 7) is 7.67. The zero-order valence-corrected chi connectivity index (χ0v) is 13.9. The van der Waals surface area contributed by atoms with Crippen molar-refractivity contribution in [3.8, 4) is 5.75 Å². The number of aromatic hydroxyl groups is 1. The molecular formula is C15H20BrNO4. The fraction of sp³-hybridized carbons (Fsp3) is 0.467. The van der Waals surface area contributed by atoms with Gasteiger partial charge in [0.2, 0.25) is 0 Å². The molecule has 0 bridgehead atoms. The maximum Gasteiger partial charge on any atom is 0.349 e. The van der Waals surface area contributed by atoms with E-state index in [-0.39, 0.29) is 17.9 Å². The van der Waals surface area contributed by atoms with Gasteiger partial charge in [0.25, 0.3) is 0 Å². The maximum absolute atomic E-state index is 12.1. The van der Waals surface area contributed by atoms with Crippen LogP contribution in [0.3, 0.4) is 0 Å². The van der Waals surface area contributed by atoms with Gasteiger partial charge >= 0.3 is 5.63 Å². The second kappa shape index (κ2) is 8.67. The number of aryl methyl sites for hydroxylation is 1.